The van der Waals surface area contributed by atoms with Crippen molar-refractivity contribution in [2.75, 3.05) is 0 Å². The molecule has 1 aliphatic heterocycles. The van der Waals surface area contributed by atoms with Crippen LogP contribution in [0.15, 0.2) is 71.1 Å². The Kier molecular flexibility index (Phi) is 4.89. The van der Waals surface area contributed by atoms with Gasteiger partial charge in [-0.2, -0.15) is 13.2 Å². The Balaban J connectivity index is 1.39. The lowest BCUT2D eigenvalue weighted by molar-refractivity contribution is -0.137. The molecule has 0 amide bonds. The Morgan fingerprint density at radius 3 is 2.19 bits per heavy atom. The van der Waals surface area contributed by atoms with E-state index >= 15 is 0 Å². The summed E-state index contributed by atoms with van der Waals surface area (Å²) >= 11 is 0. The zero-order valence-electron chi connectivity index (χ0n) is 16.5. The van der Waals surface area contributed by atoms with Crippen molar-refractivity contribution in [1.29, 1.82) is 0 Å². The van der Waals surface area contributed by atoms with Crippen LogP contribution in [0.5, 0.6) is 11.5 Å². The lowest BCUT2D eigenvalue weighted by Crippen LogP contribution is -2.25. The fraction of sp³-hybridized carbons (Fsp3) is 0.174. The first kappa shape index (κ1) is 20.5. The van der Waals surface area contributed by atoms with Gasteiger partial charge in [0.05, 0.1) is 12.1 Å². The average molecular weight is 442 g/mol. The van der Waals surface area contributed by atoms with E-state index in [4.69, 9.17) is 9.15 Å². The molecule has 3 aromatic carbocycles. The predicted molar refractivity (Wildman–Crippen MR) is 107 cm³/mol. The van der Waals surface area contributed by atoms with Gasteiger partial charge in [0.1, 0.15) is 18.2 Å². The molecule has 1 aromatic heterocycles. The van der Waals surface area contributed by atoms with E-state index in [2.05, 4.69) is 4.98 Å². The Morgan fingerprint density at radius 1 is 0.906 bits per heavy atom. The number of para-hydroxylation sites is 1. The molecule has 2 heterocycles. The van der Waals surface area contributed by atoms with Crippen molar-refractivity contribution >= 4 is 11.1 Å². The second-order valence-electron chi connectivity index (χ2n) is 7.38. The van der Waals surface area contributed by atoms with Crippen LogP contribution in [-0.4, -0.2) is 20.1 Å². The number of benzene rings is 3. The molecule has 0 saturated heterocycles. The molecular weight excluding hydrogens is 425 g/mol. The molecule has 2 unspecified atom stereocenters. The van der Waals surface area contributed by atoms with Gasteiger partial charge in [-0.25, -0.2) is 9.88 Å². The van der Waals surface area contributed by atoms with Gasteiger partial charge in [-0.05, 0) is 36.4 Å². The lowest BCUT2D eigenvalue weighted by Gasteiger charge is -2.22. The van der Waals surface area contributed by atoms with E-state index in [1.165, 1.54) is 17.0 Å². The number of hydrogen-bond acceptors (Lipinski definition) is 6. The number of aromatic nitrogens is 1. The van der Waals surface area contributed by atoms with E-state index in [1.807, 2.05) is 0 Å². The Hall–Kier alpha value is -3.40. The van der Waals surface area contributed by atoms with Crippen LogP contribution in [0.2, 0.25) is 0 Å². The van der Waals surface area contributed by atoms with Gasteiger partial charge in [0.2, 0.25) is 5.89 Å². The van der Waals surface area contributed by atoms with Gasteiger partial charge in [0.25, 0.3) is 0 Å². The predicted octanol–water partition coefficient (Wildman–Crippen LogP) is 5.14. The SMILES string of the molecule is OC1c2ccccc2C(O)N1Cc1nc2c(Oc3ccc(C(F)(F)F)cc3)cccc2o1. The fourth-order valence-electron chi connectivity index (χ4n) is 3.76. The molecule has 0 aliphatic carbocycles. The van der Waals surface area contributed by atoms with Crippen molar-refractivity contribution in [1.82, 2.24) is 9.88 Å². The number of fused-ring (bicyclic) bond motifs is 2. The van der Waals surface area contributed by atoms with E-state index in [0.29, 0.717) is 28.0 Å². The Bertz CT molecular complexity index is 1240. The molecule has 0 bridgehead atoms. The highest BCUT2D eigenvalue weighted by molar-refractivity contribution is 5.80. The molecule has 9 heteroatoms. The number of ether oxygens (including phenoxy) is 1. The van der Waals surface area contributed by atoms with Crippen molar-refractivity contribution in [3.8, 4) is 11.5 Å². The number of oxazole rings is 1. The van der Waals surface area contributed by atoms with Crippen LogP contribution >= 0.6 is 0 Å². The monoisotopic (exact) mass is 442 g/mol. The Labute approximate surface area is 180 Å². The molecule has 0 fully saturated rings. The van der Waals surface area contributed by atoms with Gasteiger partial charge in [0, 0.05) is 11.1 Å². The highest BCUT2D eigenvalue weighted by atomic mass is 19.4. The maximum absolute atomic E-state index is 12.8. The third-order valence-electron chi connectivity index (χ3n) is 5.33. The molecule has 0 spiro atoms. The smallest absolute Gasteiger partial charge is 0.416 e. The van der Waals surface area contributed by atoms with Crippen LogP contribution in [0.1, 0.15) is 35.0 Å². The second kappa shape index (κ2) is 7.63. The standard InChI is InChI=1S/C23H17F3N2O4/c24-23(25,26)13-8-10-14(11-9-13)31-17-6-3-7-18-20(17)27-19(32-18)12-28-21(29)15-4-1-2-5-16(15)22(28)30/h1-11,21-22,29-30H,12H2. The topological polar surface area (TPSA) is 79.0 Å². The van der Waals surface area contributed by atoms with Gasteiger partial charge in [-0.3, -0.25) is 0 Å². The molecule has 0 radical (unpaired) electrons. The molecule has 164 valence electrons. The molecule has 32 heavy (non-hydrogen) atoms. The Morgan fingerprint density at radius 2 is 1.56 bits per heavy atom. The highest BCUT2D eigenvalue weighted by Crippen LogP contribution is 2.40. The van der Waals surface area contributed by atoms with E-state index in [-0.39, 0.29) is 18.2 Å². The first-order chi connectivity index (χ1) is 15.3. The zero-order valence-corrected chi connectivity index (χ0v) is 16.5. The molecule has 5 rings (SSSR count). The summed E-state index contributed by atoms with van der Waals surface area (Å²) in [7, 11) is 0. The average Bonchev–Trinajstić information content (AvgIpc) is 3.29. The molecule has 6 nitrogen and oxygen atoms in total. The van der Waals surface area contributed by atoms with Crippen molar-refractivity contribution in [2.24, 2.45) is 0 Å². The number of halogens is 3. The number of hydrogen-bond donors (Lipinski definition) is 2. The van der Waals surface area contributed by atoms with Gasteiger partial charge >= 0.3 is 6.18 Å². The summed E-state index contributed by atoms with van der Waals surface area (Å²) in [6, 6.07) is 16.4. The fourth-order valence-corrected chi connectivity index (χ4v) is 3.76. The molecule has 0 saturated carbocycles. The third kappa shape index (κ3) is 3.60. The molecule has 2 N–H and O–H groups in total. The van der Waals surface area contributed by atoms with Crippen LogP contribution < -0.4 is 4.74 Å². The summed E-state index contributed by atoms with van der Waals surface area (Å²) in [5, 5.41) is 21.1. The highest BCUT2D eigenvalue weighted by Gasteiger charge is 2.37. The summed E-state index contributed by atoms with van der Waals surface area (Å²) in [5.41, 5.74) is 1.24. The summed E-state index contributed by atoms with van der Waals surface area (Å²) in [6.07, 6.45) is -6.46. The minimum absolute atomic E-state index is 0.0331. The number of nitrogens with zero attached hydrogens (tertiary/aromatic N) is 2. The van der Waals surface area contributed by atoms with Crippen LogP contribution in [0.3, 0.4) is 0 Å². The molecule has 1 aliphatic rings. The van der Waals surface area contributed by atoms with Gasteiger partial charge in [-0.15, -0.1) is 0 Å². The molecular formula is C23H17F3N2O4. The zero-order chi connectivity index (χ0) is 22.5. The summed E-state index contributed by atoms with van der Waals surface area (Å²) in [5.74, 6) is 0.772. The van der Waals surface area contributed by atoms with Crippen LogP contribution in [0, 0.1) is 0 Å². The second-order valence-corrected chi connectivity index (χ2v) is 7.38. The van der Waals surface area contributed by atoms with Crippen molar-refractivity contribution in [3.05, 3.63) is 89.3 Å². The summed E-state index contributed by atoms with van der Waals surface area (Å²) < 4.78 is 49.8. The third-order valence-corrected chi connectivity index (χ3v) is 5.33. The van der Waals surface area contributed by atoms with Crippen LogP contribution in [-0.2, 0) is 12.7 Å². The number of aliphatic hydroxyl groups is 2. The van der Waals surface area contributed by atoms with E-state index < -0.39 is 24.2 Å². The van der Waals surface area contributed by atoms with Crippen molar-refractivity contribution in [2.45, 2.75) is 25.2 Å². The van der Waals surface area contributed by atoms with Crippen molar-refractivity contribution < 1.29 is 32.5 Å². The molecule has 2 atom stereocenters. The summed E-state index contributed by atoms with van der Waals surface area (Å²) in [6.45, 7) is 0.0331. The van der Waals surface area contributed by atoms with Crippen LogP contribution in [0.25, 0.3) is 11.1 Å². The maximum Gasteiger partial charge on any atom is 0.416 e. The van der Waals surface area contributed by atoms with Gasteiger partial charge < -0.3 is 19.4 Å². The minimum atomic E-state index is -4.43. The minimum Gasteiger partial charge on any atom is -0.455 e. The first-order valence-corrected chi connectivity index (χ1v) is 9.75. The van der Waals surface area contributed by atoms with E-state index in [9.17, 15) is 23.4 Å². The number of rotatable bonds is 4. The number of alkyl halides is 3. The largest absolute Gasteiger partial charge is 0.455 e. The van der Waals surface area contributed by atoms with Crippen LogP contribution in [0.4, 0.5) is 13.2 Å². The maximum atomic E-state index is 12.8. The van der Waals surface area contributed by atoms with Gasteiger partial charge in [-0.1, -0.05) is 30.3 Å². The molecule has 4 aromatic rings. The quantitative estimate of drug-likeness (QED) is 0.456. The first-order valence-electron chi connectivity index (χ1n) is 9.75. The van der Waals surface area contributed by atoms with E-state index in [0.717, 1.165) is 12.1 Å². The van der Waals surface area contributed by atoms with Gasteiger partial charge in [0.15, 0.2) is 16.8 Å². The normalized spacial score (nSPS) is 18.8. The van der Waals surface area contributed by atoms with E-state index in [1.54, 1.807) is 42.5 Å². The lowest BCUT2D eigenvalue weighted by atomic mass is 10.1. The van der Waals surface area contributed by atoms with Crippen molar-refractivity contribution in [3.63, 3.8) is 0 Å². The number of aliphatic hydroxyl groups excluding tert-OH is 2. The summed E-state index contributed by atoms with van der Waals surface area (Å²) in [4.78, 5) is 5.86.